The van der Waals surface area contributed by atoms with E-state index in [-0.39, 0.29) is 0 Å². The van der Waals surface area contributed by atoms with Gasteiger partial charge in [0.2, 0.25) is 0 Å². The minimum Gasteiger partial charge on any atom is -0.390 e. The first-order chi connectivity index (χ1) is 6.02. The van der Waals surface area contributed by atoms with E-state index in [1.165, 1.54) is 12.1 Å². The molecule has 0 saturated carbocycles. The highest BCUT2D eigenvalue weighted by molar-refractivity contribution is 5.46. The summed E-state index contributed by atoms with van der Waals surface area (Å²) in [5.74, 6) is 0. The van der Waals surface area contributed by atoms with Crippen LogP contribution in [0.15, 0.2) is 30.3 Å². The van der Waals surface area contributed by atoms with Crippen molar-refractivity contribution in [3.63, 3.8) is 0 Å². The van der Waals surface area contributed by atoms with E-state index in [0.717, 1.165) is 18.5 Å². The summed E-state index contributed by atoms with van der Waals surface area (Å²) in [6, 6.07) is 6.36. The van der Waals surface area contributed by atoms with Crippen LogP contribution in [-0.4, -0.2) is 6.34 Å². The molecule has 5 heteroatoms. The van der Waals surface area contributed by atoms with Crippen LogP contribution in [0.4, 0.5) is 13.2 Å². The van der Waals surface area contributed by atoms with Gasteiger partial charge >= 0.3 is 6.18 Å². The van der Waals surface area contributed by atoms with Gasteiger partial charge in [-0.15, -0.1) is 0 Å². The van der Waals surface area contributed by atoms with Crippen molar-refractivity contribution in [3.8, 4) is 0 Å². The van der Waals surface area contributed by atoms with Gasteiger partial charge in [0.1, 0.15) is 0 Å². The van der Waals surface area contributed by atoms with E-state index in [1.54, 1.807) is 6.07 Å². The van der Waals surface area contributed by atoms with E-state index in [2.05, 4.69) is 5.73 Å². The molecule has 0 radical (unpaired) electrons. The van der Waals surface area contributed by atoms with Gasteiger partial charge in [0, 0.05) is 0 Å². The number of hydrogen-bond acceptors (Lipinski definition) is 1. The summed E-state index contributed by atoms with van der Waals surface area (Å²) in [6.07, 6.45) is -3.46. The minimum absolute atomic E-state index is 0.602. The van der Waals surface area contributed by atoms with Gasteiger partial charge in [-0.1, -0.05) is 30.3 Å². The van der Waals surface area contributed by atoms with Gasteiger partial charge in [0.05, 0.1) is 11.9 Å². The zero-order chi connectivity index (χ0) is 10.3. The second-order valence-electron chi connectivity index (χ2n) is 2.03. The van der Waals surface area contributed by atoms with E-state index >= 15 is 0 Å². The fourth-order valence-corrected chi connectivity index (χ4v) is 0.627. The van der Waals surface area contributed by atoms with E-state index in [4.69, 9.17) is 5.41 Å². The molecule has 0 spiro atoms. The molecular formula is C8H9F3N2. The maximum Gasteiger partial charge on any atom is 0.416 e. The van der Waals surface area contributed by atoms with Crippen molar-refractivity contribution >= 4 is 6.34 Å². The summed E-state index contributed by atoms with van der Waals surface area (Å²) >= 11 is 0. The Balaban J connectivity index is 0.000000424. The molecule has 0 amide bonds. The summed E-state index contributed by atoms with van der Waals surface area (Å²) in [4.78, 5) is 0. The van der Waals surface area contributed by atoms with Gasteiger partial charge in [-0.05, 0) is 0 Å². The molecule has 0 aromatic heterocycles. The van der Waals surface area contributed by atoms with Crippen LogP contribution in [0.2, 0.25) is 0 Å². The first kappa shape index (κ1) is 11.5. The first-order valence-electron chi connectivity index (χ1n) is 3.35. The molecule has 0 aliphatic carbocycles. The fraction of sp³-hybridized carbons (Fsp3) is 0.125. The van der Waals surface area contributed by atoms with Crippen molar-refractivity contribution in [3.05, 3.63) is 35.9 Å². The molecule has 1 rings (SSSR count). The largest absolute Gasteiger partial charge is 0.416 e. The summed E-state index contributed by atoms with van der Waals surface area (Å²) in [7, 11) is 0. The predicted molar refractivity (Wildman–Crippen MR) is 44.4 cm³/mol. The highest BCUT2D eigenvalue weighted by Gasteiger charge is 2.29. The van der Waals surface area contributed by atoms with E-state index in [0.29, 0.717) is 0 Å². The number of nitrogens with two attached hydrogens (primary N) is 1. The topological polar surface area (TPSA) is 49.9 Å². The number of nitrogens with one attached hydrogen (secondary N) is 1. The van der Waals surface area contributed by atoms with Crippen LogP contribution in [0, 0.1) is 5.41 Å². The number of rotatable bonds is 0. The molecule has 2 nitrogen and oxygen atoms in total. The van der Waals surface area contributed by atoms with E-state index in [1.807, 2.05) is 0 Å². The lowest BCUT2D eigenvalue weighted by Crippen LogP contribution is -2.03. The molecule has 72 valence electrons. The van der Waals surface area contributed by atoms with Gasteiger partial charge in [-0.2, -0.15) is 13.2 Å². The monoisotopic (exact) mass is 190 g/mol. The summed E-state index contributed by atoms with van der Waals surface area (Å²) in [6.45, 7) is 0. The quantitative estimate of drug-likeness (QED) is 0.478. The van der Waals surface area contributed by atoms with Crippen LogP contribution in [0.5, 0.6) is 0 Å². The molecule has 0 fully saturated rings. The van der Waals surface area contributed by atoms with Gasteiger partial charge in [-0.3, -0.25) is 5.41 Å². The Morgan fingerprint density at radius 1 is 1.15 bits per heavy atom. The van der Waals surface area contributed by atoms with Crippen molar-refractivity contribution in [2.45, 2.75) is 6.18 Å². The lowest BCUT2D eigenvalue weighted by molar-refractivity contribution is -0.137. The van der Waals surface area contributed by atoms with Crippen LogP contribution in [0.25, 0.3) is 0 Å². The number of halogens is 3. The number of alkyl halides is 3. The normalized spacial score (nSPS) is 9.77. The first-order valence-corrected chi connectivity index (χ1v) is 3.35. The molecule has 13 heavy (non-hydrogen) atoms. The molecule has 0 heterocycles. The molecule has 1 aromatic carbocycles. The third-order valence-corrected chi connectivity index (χ3v) is 1.10. The minimum atomic E-state index is -4.21. The van der Waals surface area contributed by atoms with Crippen LogP contribution < -0.4 is 5.73 Å². The van der Waals surface area contributed by atoms with Crippen LogP contribution >= 0.6 is 0 Å². The smallest absolute Gasteiger partial charge is 0.390 e. The fourth-order valence-electron chi connectivity index (χ4n) is 0.627. The second-order valence-corrected chi connectivity index (χ2v) is 2.03. The zero-order valence-corrected chi connectivity index (χ0v) is 6.68. The van der Waals surface area contributed by atoms with Gasteiger partial charge < -0.3 is 5.73 Å². The summed E-state index contributed by atoms with van der Waals surface area (Å²) < 4.78 is 35.4. The predicted octanol–water partition coefficient (Wildman–Crippen LogP) is 2.26. The Morgan fingerprint density at radius 2 is 1.54 bits per heavy atom. The molecule has 0 saturated heterocycles. The maximum absolute atomic E-state index is 11.8. The van der Waals surface area contributed by atoms with Crippen LogP contribution in [0.3, 0.4) is 0 Å². The molecule has 0 atom stereocenters. The number of benzene rings is 1. The van der Waals surface area contributed by atoms with Gasteiger partial charge in [-0.25, -0.2) is 0 Å². The lowest BCUT2D eigenvalue weighted by Gasteiger charge is -2.03. The Kier molecular flexibility index (Phi) is 4.58. The molecule has 0 aliphatic rings. The Hall–Kier alpha value is -1.52. The van der Waals surface area contributed by atoms with E-state index in [9.17, 15) is 13.2 Å². The Labute approximate surface area is 73.7 Å². The van der Waals surface area contributed by atoms with Crippen molar-refractivity contribution in [1.82, 2.24) is 0 Å². The second kappa shape index (κ2) is 5.18. The van der Waals surface area contributed by atoms with Crippen molar-refractivity contribution in [1.29, 1.82) is 5.41 Å². The third kappa shape index (κ3) is 4.84. The standard InChI is InChI=1S/C7H5F3.CH4N2/c8-7(9,10)6-4-2-1-3-5-6;2-1-3/h1-5H;1H,(H3,2,3). The van der Waals surface area contributed by atoms with Crippen molar-refractivity contribution in [2.75, 3.05) is 0 Å². The average molecular weight is 190 g/mol. The lowest BCUT2D eigenvalue weighted by atomic mass is 10.2. The summed E-state index contributed by atoms with van der Waals surface area (Å²) in [5.41, 5.74) is 3.79. The molecule has 0 unspecified atom stereocenters. The SMILES string of the molecule is FC(F)(F)c1ccccc1.N=CN. The maximum atomic E-state index is 11.8. The highest BCUT2D eigenvalue weighted by atomic mass is 19.4. The molecular weight excluding hydrogens is 181 g/mol. The number of hydrogen-bond donors (Lipinski definition) is 2. The molecule has 1 aromatic rings. The highest BCUT2D eigenvalue weighted by Crippen LogP contribution is 2.28. The van der Waals surface area contributed by atoms with Crippen LogP contribution in [-0.2, 0) is 6.18 Å². The average Bonchev–Trinajstić information content (AvgIpc) is 2.06. The Bertz CT molecular complexity index is 243. The Morgan fingerprint density at radius 3 is 1.77 bits per heavy atom. The van der Waals surface area contributed by atoms with Crippen LogP contribution in [0.1, 0.15) is 5.56 Å². The molecule has 0 aliphatic heterocycles. The summed E-state index contributed by atoms with van der Waals surface area (Å²) in [5, 5.41) is 5.86. The third-order valence-electron chi connectivity index (χ3n) is 1.10. The van der Waals surface area contributed by atoms with Crippen molar-refractivity contribution < 1.29 is 13.2 Å². The van der Waals surface area contributed by atoms with Gasteiger partial charge in [0.25, 0.3) is 0 Å². The molecule has 0 bridgehead atoms. The zero-order valence-electron chi connectivity index (χ0n) is 6.68. The molecule has 3 N–H and O–H groups in total. The van der Waals surface area contributed by atoms with Gasteiger partial charge in [0.15, 0.2) is 0 Å². The van der Waals surface area contributed by atoms with Crippen molar-refractivity contribution in [2.24, 2.45) is 5.73 Å². The van der Waals surface area contributed by atoms with E-state index < -0.39 is 11.7 Å².